The number of hydrogen-bond donors (Lipinski definition) is 2. The van der Waals surface area contributed by atoms with Crippen LogP contribution in [0.3, 0.4) is 0 Å². The number of nitrogens with one attached hydrogen (secondary N) is 2. The zero-order chi connectivity index (χ0) is 20.1. The molecule has 4 heteroatoms. The Morgan fingerprint density at radius 3 is 2.32 bits per heavy atom. The molecular weight excluding hydrogens is 351 g/mol. The quantitative estimate of drug-likeness (QED) is 0.599. The highest BCUT2D eigenvalue weighted by Crippen LogP contribution is 2.24. The van der Waals surface area contributed by atoms with Crippen molar-refractivity contribution in [2.45, 2.75) is 32.9 Å². The topological polar surface area (TPSA) is 41.1 Å². The molecule has 3 rings (SSSR count). The van der Waals surface area contributed by atoms with Crippen molar-refractivity contribution in [3.63, 3.8) is 0 Å². The lowest BCUT2D eigenvalue weighted by atomic mass is 10.0. The summed E-state index contributed by atoms with van der Waals surface area (Å²) < 4.78 is 14.2. The van der Waals surface area contributed by atoms with Crippen molar-refractivity contribution in [3.8, 4) is 0 Å². The standard InChI is InChI=1S/C24H25FN2O/c1-16-13-14-17(2)22(15-16)27-24(28)23(19-9-5-4-6-10-19)26-18(3)20-11-7-8-12-21(20)25/h4-15,18,23,26H,1-3H3,(H,27,28). The van der Waals surface area contributed by atoms with Gasteiger partial charge in [0, 0.05) is 17.3 Å². The number of halogens is 1. The van der Waals surface area contributed by atoms with Gasteiger partial charge in [-0.3, -0.25) is 10.1 Å². The van der Waals surface area contributed by atoms with Gasteiger partial charge in [0.1, 0.15) is 11.9 Å². The van der Waals surface area contributed by atoms with E-state index in [4.69, 9.17) is 0 Å². The van der Waals surface area contributed by atoms with Gasteiger partial charge in [0.2, 0.25) is 5.91 Å². The van der Waals surface area contributed by atoms with Gasteiger partial charge in [0.25, 0.3) is 0 Å². The van der Waals surface area contributed by atoms with Crippen LogP contribution < -0.4 is 10.6 Å². The fraction of sp³-hybridized carbons (Fsp3) is 0.208. The van der Waals surface area contributed by atoms with Crippen LogP contribution in [0.5, 0.6) is 0 Å². The molecule has 2 N–H and O–H groups in total. The summed E-state index contributed by atoms with van der Waals surface area (Å²) in [5, 5.41) is 6.32. The zero-order valence-electron chi connectivity index (χ0n) is 16.4. The smallest absolute Gasteiger partial charge is 0.246 e. The van der Waals surface area contributed by atoms with Crippen LogP contribution in [0.1, 0.15) is 41.3 Å². The first-order valence-corrected chi connectivity index (χ1v) is 9.39. The van der Waals surface area contributed by atoms with Gasteiger partial charge in [0.15, 0.2) is 0 Å². The van der Waals surface area contributed by atoms with Gasteiger partial charge < -0.3 is 5.32 Å². The summed E-state index contributed by atoms with van der Waals surface area (Å²) in [5.74, 6) is -0.465. The predicted octanol–water partition coefficient (Wildman–Crippen LogP) is 5.47. The number of rotatable bonds is 6. The van der Waals surface area contributed by atoms with E-state index in [9.17, 15) is 9.18 Å². The third-order valence-corrected chi connectivity index (χ3v) is 4.83. The highest BCUT2D eigenvalue weighted by molar-refractivity contribution is 5.96. The molecule has 0 saturated carbocycles. The van der Waals surface area contributed by atoms with Gasteiger partial charge in [0.05, 0.1) is 0 Å². The Morgan fingerprint density at radius 1 is 0.929 bits per heavy atom. The fourth-order valence-corrected chi connectivity index (χ4v) is 3.21. The van der Waals surface area contributed by atoms with E-state index in [1.54, 1.807) is 18.2 Å². The van der Waals surface area contributed by atoms with E-state index in [1.165, 1.54) is 6.07 Å². The maximum Gasteiger partial charge on any atom is 0.246 e. The highest BCUT2D eigenvalue weighted by atomic mass is 19.1. The molecule has 28 heavy (non-hydrogen) atoms. The number of amides is 1. The van der Waals surface area contributed by atoms with Crippen molar-refractivity contribution in [3.05, 3.63) is 101 Å². The number of aryl methyl sites for hydroxylation is 2. The van der Waals surface area contributed by atoms with Crippen LogP contribution in [0.2, 0.25) is 0 Å². The molecule has 0 radical (unpaired) electrons. The Balaban J connectivity index is 1.88. The van der Waals surface area contributed by atoms with Crippen molar-refractivity contribution < 1.29 is 9.18 Å². The Kier molecular flexibility index (Phi) is 6.22. The van der Waals surface area contributed by atoms with E-state index in [2.05, 4.69) is 10.6 Å². The Labute approximate surface area is 165 Å². The minimum absolute atomic E-state index is 0.178. The van der Waals surface area contributed by atoms with Crippen molar-refractivity contribution in [1.82, 2.24) is 5.32 Å². The Hall–Kier alpha value is -2.98. The monoisotopic (exact) mass is 376 g/mol. The van der Waals surface area contributed by atoms with Crippen LogP contribution in [0, 0.1) is 19.7 Å². The number of hydrogen-bond acceptors (Lipinski definition) is 2. The second kappa shape index (κ2) is 8.81. The molecule has 3 aromatic carbocycles. The molecule has 0 spiro atoms. The largest absolute Gasteiger partial charge is 0.324 e. The van der Waals surface area contributed by atoms with E-state index in [1.807, 2.05) is 69.3 Å². The second-order valence-corrected chi connectivity index (χ2v) is 7.06. The fourth-order valence-electron chi connectivity index (χ4n) is 3.21. The van der Waals surface area contributed by atoms with Crippen molar-refractivity contribution in [2.75, 3.05) is 5.32 Å². The molecule has 3 aromatic rings. The minimum atomic E-state index is -0.615. The van der Waals surface area contributed by atoms with Gasteiger partial charge in [-0.25, -0.2) is 4.39 Å². The average molecular weight is 376 g/mol. The highest BCUT2D eigenvalue weighted by Gasteiger charge is 2.24. The van der Waals surface area contributed by atoms with Crippen molar-refractivity contribution in [1.29, 1.82) is 0 Å². The second-order valence-electron chi connectivity index (χ2n) is 7.06. The van der Waals surface area contributed by atoms with E-state index >= 15 is 0 Å². The number of carbonyl (C=O) groups is 1. The van der Waals surface area contributed by atoms with Gasteiger partial charge in [-0.15, -0.1) is 0 Å². The zero-order valence-corrected chi connectivity index (χ0v) is 16.4. The summed E-state index contributed by atoms with van der Waals surface area (Å²) >= 11 is 0. The molecule has 0 aromatic heterocycles. The van der Waals surface area contributed by atoms with Crippen LogP contribution in [-0.2, 0) is 4.79 Å². The molecule has 144 valence electrons. The Bertz CT molecular complexity index is 956. The van der Waals surface area contributed by atoms with Crippen LogP contribution in [0.15, 0.2) is 72.8 Å². The van der Waals surface area contributed by atoms with Crippen molar-refractivity contribution >= 4 is 11.6 Å². The lowest BCUT2D eigenvalue weighted by Crippen LogP contribution is -2.35. The number of carbonyl (C=O) groups excluding carboxylic acids is 1. The third-order valence-electron chi connectivity index (χ3n) is 4.83. The first kappa shape index (κ1) is 19.8. The van der Waals surface area contributed by atoms with Gasteiger partial charge >= 0.3 is 0 Å². The molecule has 0 aliphatic rings. The van der Waals surface area contributed by atoms with E-state index in [0.717, 1.165) is 22.4 Å². The van der Waals surface area contributed by atoms with Gasteiger partial charge in [-0.05, 0) is 49.6 Å². The summed E-state index contributed by atoms with van der Waals surface area (Å²) in [7, 11) is 0. The summed E-state index contributed by atoms with van der Waals surface area (Å²) in [6.45, 7) is 5.81. The summed E-state index contributed by atoms with van der Waals surface area (Å²) in [6.07, 6.45) is 0. The van der Waals surface area contributed by atoms with E-state index in [0.29, 0.717) is 5.56 Å². The van der Waals surface area contributed by atoms with Crippen LogP contribution in [-0.4, -0.2) is 5.91 Å². The van der Waals surface area contributed by atoms with Crippen LogP contribution in [0.4, 0.5) is 10.1 Å². The third kappa shape index (κ3) is 4.65. The Morgan fingerprint density at radius 2 is 1.61 bits per heavy atom. The molecular formula is C24H25FN2O. The molecule has 0 aliphatic carbocycles. The predicted molar refractivity (Wildman–Crippen MR) is 112 cm³/mol. The summed E-state index contributed by atoms with van der Waals surface area (Å²) in [5.41, 5.74) is 4.21. The van der Waals surface area contributed by atoms with Crippen molar-refractivity contribution in [2.24, 2.45) is 0 Å². The number of anilines is 1. The normalized spacial score (nSPS) is 13.0. The maximum absolute atomic E-state index is 14.2. The molecule has 2 unspecified atom stereocenters. The minimum Gasteiger partial charge on any atom is -0.324 e. The van der Waals surface area contributed by atoms with E-state index in [-0.39, 0.29) is 17.8 Å². The lowest BCUT2D eigenvalue weighted by Gasteiger charge is -2.24. The molecule has 0 fully saturated rings. The molecule has 2 atom stereocenters. The maximum atomic E-state index is 14.2. The first-order chi connectivity index (χ1) is 13.5. The van der Waals surface area contributed by atoms with Gasteiger partial charge in [-0.1, -0.05) is 60.7 Å². The SMILES string of the molecule is Cc1ccc(C)c(NC(=O)C(NC(C)c2ccccc2F)c2ccccc2)c1. The van der Waals surface area contributed by atoms with Crippen LogP contribution >= 0.6 is 0 Å². The number of benzene rings is 3. The van der Waals surface area contributed by atoms with Gasteiger partial charge in [-0.2, -0.15) is 0 Å². The summed E-state index contributed by atoms with van der Waals surface area (Å²) in [4.78, 5) is 13.2. The molecule has 3 nitrogen and oxygen atoms in total. The molecule has 0 saturated heterocycles. The average Bonchev–Trinajstić information content (AvgIpc) is 2.69. The lowest BCUT2D eigenvalue weighted by molar-refractivity contribution is -0.118. The molecule has 0 heterocycles. The van der Waals surface area contributed by atoms with Crippen LogP contribution in [0.25, 0.3) is 0 Å². The molecule has 0 bridgehead atoms. The first-order valence-electron chi connectivity index (χ1n) is 9.39. The van der Waals surface area contributed by atoms with E-state index < -0.39 is 6.04 Å². The molecule has 0 aliphatic heterocycles. The molecule has 1 amide bonds. The summed E-state index contributed by atoms with van der Waals surface area (Å²) in [6, 6.07) is 21.1.